The number of ether oxygens (including phenoxy) is 3. The number of fused-ring (bicyclic) bond motifs is 1. The molecule has 0 bridgehead atoms. The van der Waals surface area contributed by atoms with Crippen molar-refractivity contribution in [1.29, 1.82) is 0 Å². The number of hydrogen-bond acceptors (Lipinski definition) is 6. The largest absolute Gasteiger partial charge is 0.488 e. The second-order valence-electron chi connectivity index (χ2n) is 6.13. The van der Waals surface area contributed by atoms with Crippen LogP contribution in [0.25, 0.3) is 5.65 Å². The molecule has 1 atom stereocenters. The molecule has 1 unspecified atom stereocenters. The van der Waals surface area contributed by atoms with Crippen LogP contribution in [0.3, 0.4) is 0 Å². The zero-order valence-electron chi connectivity index (χ0n) is 14.9. The van der Waals surface area contributed by atoms with E-state index in [0.29, 0.717) is 48.5 Å². The molecule has 1 fully saturated rings. The Bertz CT molecular complexity index is 950. The number of amides is 1. The van der Waals surface area contributed by atoms with Crippen LogP contribution < -0.4 is 14.8 Å². The quantitative estimate of drug-likeness (QED) is 0.719. The van der Waals surface area contributed by atoms with Gasteiger partial charge in [-0.05, 0) is 37.6 Å². The molecular weight excluding hydrogens is 348 g/mol. The Kier molecular flexibility index (Phi) is 4.88. The molecule has 140 valence electrons. The van der Waals surface area contributed by atoms with Crippen molar-refractivity contribution in [3.05, 3.63) is 48.5 Å². The molecule has 0 aromatic carbocycles. The molecule has 0 aliphatic carbocycles. The first kappa shape index (κ1) is 17.3. The van der Waals surface area contributed by atoms with E-state index in [1.165, 1.54) is 0 Å². The van der Waals surface area contributed by atoms with E-state index in [9.17, 15) is 4.79 Å². The van der Waals surface area contributed by atoms with Gasteiger partial charge in [0, 0.05) is 19.0 Å². The molecule has 0 radical (unpaired) electrons. The predicted molar refractivity (Wildman–Crippen MR) is 97.4 cm³/mol. The average Bonchev–Trinajstić information content (AvgIpc) is 3.32. The van der Waals surface area contributed by atoms with Crippen molar-refractivity contribution in [2.24, 2.45) is 0 Å². The van der Waals surface area contributed by atoms with E-state index < -0.39 is 0 Å². The Hall–Kier alpha value is -3.13. The van der Waals surface area contributed by atoms with Gasteiger partial charge in [0.15, 0.2) is 5.75 Å². The average molecular weight is 368 g/mol. The van der Waals surface area contributed by atoms with Gasteiger partial charge in [0.1, 0.15) is 17.1 Å². The van der Waals surface area contributed by atoms with Gasteiger partial charge in [-0.2, -0.15) is 0 Å². The minimum atomic E-state index is -0.208. The second-order valence-corrected chi connectivity index (χ2v) is 6.13. The standard InChI is InChI=1S/C19H20N4O4/c1-2-26-16-4-3-8-20-19(16)27-14-5-6-17-22-15(11-23(17)10-14)18(24)21-13-7-9-25-12-13/h3-6,8,10-11,13H,2,7,9,12H2,1H3,(H,21,24). The van der Waals surface area contributed by atoms with Gasteiger partial charge in [-0.1, -0.05) is 0 Å². The van der Waals surface area contributed by atoms with E-state index in [0.717, 1.165) is 6.42 Å². The first-order valence-electron chi connectivity index (χ1n) is 8.86. The third-order valence-electron chi connectivity index (χ3n) is 4.17. The summed E-state index contributed by atoms with van der Waals surface area (Å²) in [5, 5.41) is 2.93. The van der Waals surface area contributed by atoms with Gasteiger partial charge < -0.3 is 23.9 Å². The van der Waals surface area contributed by atoms with Gasteiger partial charge in [-0.25, -0.2) is 9.97 Å². The van der Waals surface area contributed by atoms with Crippen LogP contribution in [0.4, 0.5) is 0 Å². The fourth-order valence-electron chi connectivity index (χ4n) is 2.88. The van der Waals surface area contributed by atoms with Crippen LogP contribution in [-0.2, 0) is 4.74 Å². The van der Waals surface area contributed by atoms with Crippen LogP contribution in [0.5, 0.6) is 17.4 Å². The van der Waals surface area contributed by atoms with Crippen molar-refractivity contribution in [2.75, 3.05) is 19.8 Å². The molecule has 27 heavy (non-hydrogen) atoms. The normalized spacial score (nSPS) is 16.4. The van der Waals surface area contributed by atoms with Crippen LogP contribution in [0.15, 0.2) is 42.9 Å². The minimum Gasteiger partial charge on any atom is -0.488 e. The smallest absolute Gasteiger partial charge is 0.271 e. The van der Waals surface area contributed by atoms with E-state index in [1.54, 1.807) is 47.3 Å². The Morgan fingerprint density at radius 2 is 2.30 bits per heavy atom. The summed E-state index contributed by atoms with van der Waals surface area (Å²) in [5.41, 5.74) is 1.01. The van der Waals surface area contributed by atoms with Crippen LogP contribution in [0.1, 0.15) is 23.8 Å². The van der Waals surface area contributed by atoms with E-state index in [4.69, 9.17) is 14.2 Å². The SMILES string of the molecule is CCOc1cccnc1Oc1ccc2nc(C(=O)NC3CCOC3)cn2c1. The summed E-state index contributed by atoms with van der Waals surface area (Å²) in [6, 6.07) is 7.20. The molecule has 4 rings (SSSR count). The number of carbonyl (C=O) groups is 1. The van der Waals surface area contributed by atoms with E-state index in [-0.39, 0.29) is 11.9 Å². The molecule has 3 aromatic rings. The molecule has 1 aliphatic rings. The maximum Gasteiger partial charge on any atom is 0.271 e. The van der Waals surface area contributed by atoms with Gasteiger partial charge in [-0.3, -0.25) is 4.79 Å². The lowest BCUT2D eigenvalue weighted by molar-refractivity contribution is 0.0925. The van der Waals surface area contributed by atoms with E-state index >= 15 is 0 Å². The number of pyridine rings is 2. The van der Waals surface area contributed by atoms with E-state index in [1.807, 2.05) is 6.92 Å². The lowest BCUT2D eigenvalue weighted by Gasteiger charge is -2.10. The molecular formula is C19H20N4O4. The van der Waals surface area contributed by atoms with Crippen molar-refractivity contribution in [3.8, 4) is 17.4 Å². The summed E-state index contributed by atoms with van der Waals surface area (Å²) in [5.74, 6) is 1.32. The Labute approximate surface area is 156 Å². The number of aromatic nitrogens is 3. The summed E-state index contributed by atoms with van der Waals surface area (Å²) < 4.78 is 18.4. The molecule has 0 spiro atoms. The number of carbonyl (C=O) groups excluding carboxylic acids is 1. The van der Waals surface area contributed by atoms with Crippen LogP contribution in [-0.4, -0.2) is 46.1 Å². The number of nitrogens with one attached hydrogen (secondary N) is 1. The topological polar surface area (TPSA) is 87.0 Å². The summed E-state index contributed by atoms with van der Waals surface area (Å²) in [7, 11) is 0. The number of nitrogens with zero attached hydrogens (tertiary/aromatic N) is 3. The highest BCUT2D eigenvalue weighted by molar-refractivity contribution is 5.93. The number of rotatable bonds is 6. The van der Waals surface area contributed by atoms with E-state index in [2.05, 4.69) is 15.3 Å². The van der Waals surface area contributed by atoms with Crippen LogP contribution >= 0.6 is 0 Å². The van der Waals surface area contributed by atoms with Crippen molar-refractivity contribution < 1.29 is 19.0 Å². The fraction of sp³-hybridized carbons (Fsp3) is 0.316. The molecule has 1 saturated heterocycles. The highest BCUT2D eigenvalue weighted by Crippen LogP contribution is 2.29. The van der Waals surface area contributed by atoms with Crippen molar-refractivity contribution in [1.82, 2.24) is 19.7 Å². The van der Waals surface area contributed by atoms with Gasteiger partial charge in [0.2, 0.25) is 0 Å². The minimum absolute atomic E-state index is 0.0438. The van der Waals surface area contributed by atoms with Gasteiger partial charge >= 0.3 is 0 Å². The fourth-order valence-corrected chi connectivity index (χ4v) is 2.88. The van der Waals surface area contributed by atoms with Gasteiger partial charge in [-0.15, -0.1) is 0 Å². The third kappa shape index (κ3) is 3.85. The second kappa shape index (κ2) is 7.63. The predicted octanol–water partition coefficient (Wildman–Crippen LogP) is 2.44. The first-order chi connectivity index (χ1) is 13.2. The molecule has 8 heteroatoms. The summed E-state index contributed by atoms with van der Waals surface area (Å²) in [4.78, 5) is 20.9. The monoisotopic (exact) mass is 368 g/mol. The van der Waals surface area contributed by atoms with Gasteiger partial charge in [0.05, 0.1) is 25.5 Å². The van der Waals surface area contributed by atoms with Crippen LogP contribution in [0.2, 0.25) is 0 Å². The van der Waals surface area contributed by atoms with Crippen molar-refractivity contribution in [2.45, 2.75) is 19.4 Å². The number of imidazole rings is 1. The molecule has 0 saturated carbocycles. The Morgan fingerprint density at radius 1 is 1.37 bits per heavy atom. The lowest BCUT2D eigenvalue weighted by Crippen LogP contribution is -2.35. The zero-order valence-corrected chi connectivity index (χ0v) is 14.9. The zero-order chi connectivity index (χ0) is 18.6. The summed E-state index contributed by atoms with van der Waals surface area (Å²) in [6.07, 6.45) is 5.89. The van der Waals surface area contributed by atoms with Crippen LogP contribution in [0, 0.1) is 0 Å². The highest BCUT2D eigenvalue weighted by atomic mass is 16.5. The molecule has 1 aliphatic heterocycles. The maximum absolute atomic E-state index is 12.4. The summed E-state index contributed by atoms with van der Waals surface area (Å²) >= 11 is 0. The first-order valence-corrected chi connectivity index (χ1v) is 8.86. The Morgan fingerprint density at radius 3 is 3.11 bits per heavy atom. The maximum atomic E-state index is 12.4. The molecule has 1 amide bonds. The molecule has 4 heterocycles. The van der Waals surface area contributed by atoms with Crippen molar-refractivity contribution >= 4 is 11.6 Å². The molecule has 8 nitrogen and oxygen atoms in total. The molecule has 3 aromatic heterocycles. The molecule has 1 N–H and O–H groups in total. The third-order valence-corrected chi connectivity index (χ3v) is 4.17. The van der Waals surface area contributed by atoms with Gasteiger partial charge in [0.25, 0.3) is 11.8 Å². The summed E-state index contributed by atoms with van der Waals surface area (Å²) in [6.45, 7) is 3.64. The number of hydrogen-bond donors (Lipinski definition) is 1. The lowest BCUT2D eigenvalue weighted by atomic mass is 10.2. The van der Waals surface area contributed by atoms with Crippen molar-refractivity contribution in [3.63, 3.8) is 0 Å². The Balaban J connectivity index is 1.53. The highest BCUT2D eigenvalue weighted by Gasteiger charge is 2.20.